The zero-order valence-electron chi connectivity index (χ0n) is 14.4. The van der Waals surface area contributed by atoms with Crippen molar-refractivity contribution in [3.63, 3.8) is 0 Å². The van der Waals surface area contributed by atoms with Gasteiger partial charge in [-0.05, 0) is 50.5 Å². The minimum Gasteiger partial charge on any atom is -0.382 e. The van der Waals surface area contributed by atoms with Crippen LogP contribution in [0.15, 0.2) is 29.2 Å². The van der Waals surface area contributed by atoms with Crippen LogP contribution in [0.4, 0.5) is 0 Å². The van der Waals surface area contributed by atoms with Crippen LogP contribution in [0.25, 0.3) is 0 Å². The molecule has 0 aromatic heterocycles. The number of carbonyl (C=O) groups is 1. The molecule has 1 aliphatic heterocycles. The van der Waals surface area contributed by atoms with Gasteiger partial charge in [0.05, 0.1) is 10.8 Å². The Balaban J connectivity index is 1.93. The number of sulfonamides is 1. The lowest BCUT2D eigenvalue weighted by Gasteiger charge is -2.31. The summed E-state index contributed by atoms with van der Waals surface area (Å²) in [5.74, 6) is -0.407. The van der Waals surface area contributed by atoms with Crippen LogP contribution in [0.1, 0.15) is 26.2 Å². The molecule has 1 amide bonds. The van der Waals surface area contributed by atoms with E-state index in [1.807, 2.05) is 6.92 Å². The van der Waals surface area contributed by atoms with Crippen LogP contribution < -0.4 is 5.32 Å². The van der Waals surface area contributed by atoms with E-state index in [4.69, 9.17) is 16.3 Å². The zero-order valence-corrected chi connectivity index (χ0v) is 16.0. The van der Waals surface area contributed by atoms with Crippen molar-refractivity contribution in [1.29, 1.82) is 0 Å². The molecule has 8 heteroatoms. The molecule has 1 N–H and O–H groups in total. The summed E-state index contributed by atoms with van der Waals surface area (Å²) >= 11 is 5.82. The van der Waals surface area contributed by atoms with E-state index >= 15 is 0 Å². The lowest BCUT2D eigenvalue weighted by molar-refractivity contribution is -0.126. The Labute approximate surface area is 154 Å². The molecule has 0 aliphatic carbocycles. The number of nitrogens with zero attached hydrogens (tertiary/aromatic N) is 1. The average molecular weight is 389 g/mol. The van der Waals surface area contributed by atoms with Gasteiger partial charge in [0.15, 0.2) is 0 Å². The number of hydrogen-bond donors (Lipinski definition) is 1. The van der Waals surface area contributed by atoms with Gasteiger partial charge in [-0.25, -0.2) is 8.42 Å². The first-order chi connectivity index (χ1) is 11.9. The largest absolute Gasteiger partial charge is 0.382 e. The summed E-state index contributed by atoms with van der Waals surface area (Å²) in [4.78, 5) is 12.5. The molecule has 0 radical (unpaired) electrons. The van der Waals surface area contributed by atoms with Crippen molar-refractivity contribution < 1.29 is 17.9 Å². The second kappa shape index (κ2) is 9.52. The predicted octanol–water partition coefficient (Wildman–Crippen LogP) is 2.28. The Kier molecular flexibility index (Phi) is 7.68. The molecular formula is C17H25ClN2O4S. The van der Waals surface area contributed by atoms with Gasteiger partial charge in [0.1, 0.15) is 0 Å². The summed E-state index contributed by atoms with van der Waals surface area (Å²) < 4.78 is 32.1. The van der Waals surface area contributed by atoms with Crippen molar-refractivity contribution in [2.24, 2.45) is 5.92 Å². The van der Waals surface area contributed by atoms with Gasteiger partial charge < -0.3 is 10.1 Å². The summed E-state index contributed by atoms with van der Waals surface area (Å²) in [6, 6.07) is 6.10. The van der Waals surface area contributed by atoms with Crippen molar-refractivity contribution >= 4 is 27.5 Å². The van der Waals surface area contributed by atoms with E-state index < -0.39 is 10.0 Å². The van der Waals surface area contributed by atoms with E-state index in [1.165, 1.54) is 16.4 Å². The second-order valence-electron chi connectivity index (χ2n) is 6.00. The third-order valence-electron chi connectivity index (χ3n) is 4.18. The number of carbonyl (C=O) groups excluding carboxylic acids is 1. The second-order valence-corrected chi connectivity index (χ2v) is 8.37. The summed E-state index contributed by atoms with van der Waals surface area (Å²) in [5, 5.41) is 3.36. The number of piperidine rings is 1. The van der Waals surface area contributed by atoms with Crippen LogP contribution in [0, 0.1) is 5.92 Å². The van der Waals surface area contributed by atoms with E-state index in [9.17, 15) is 13.2 Å². The van der Waals surface area contributed by atoms with Gasteiger partial charge in [-0.3, -0.25) is 4.79 Å². The standard InChI is InChI=1S/C17H25ClN2O4S/c1-2-24-12-4-10-19-17(21)14-5-3-11-20(13-14)25(22,23)16-8-6-15(18)7-9-16/h6-9,14H,2-5,10-13H2,1H3,(H,19,21). The maximum Gasteiger partial charge on any atom is 0.243 e. The number of rotatable bonds is 8. The molecule has 1 saturated heterocycles. The van der Waals surface area contributed by atoms with Crippen LogP contribution in [-0.4, -0.2) is 51.5 Å². The molecule has 0 spiro atoms. The van der Waals surface area contributed by atoms with Gasteiger partial charge in [-0.1, -0.05) is 11.6 Å². The smallest absolute Gasteiger partial charge is 0.243 e. The van der Waals surface area contributed by atoms with Gasteiger partial charge in [-0.2, -0.15) is 4.31 Å². The van der Waals surface area contributed by atoms with Crippen molar-refractivity contribution in [1.82, 2.24) is 9.62 Å². The molecule has 1 aromatic carbocycles. The highest BCUT2D eigenvalue weighted by Gasteiger charge is 2.33. The van der Waals surface area contributed by atoms with Gasteiger partial charge in [0.25, 0.3) is 0 Å². The third kappa shape index (κ3) is 5.67. The first-order valence-corrected chi connectivity index (χ1v) is 10.4. The first-order valence-electron chi connectivity index (χ1n) is 8.56. The van der Waals surface area contributed by atoms with Gasteiger partial charge >= 0.3 is 0 Å². The number of benzene rings is 1. The van der Waals surface area contributed by atoms with E-state index in [0.717, 1.165) is 6.42 Å². The molecule has 1 aromatic rings. The fourth-order valence-electron chi connectivity index (χ4n) is 2.80. The minimum atomic E-state index is -3.60. The number of amides is 1. The van der Waals surface area contributed by atoms with Crippen LogP contribution in [-0.2, 0) is 19.6 Å². The van der Waals surface area contributed by atoms with E-state index in [2.05, 4.69) is 5.32 Å². The summed E-state index contributed by atoms with van der Waals surface area (Å²) in [5.41, 5.74) is 0. The Morgan fingerprint density at radius 1 is 1.36 bits per heavy atom. The average Bonchev–Trinajstić information content (AvgIpc) is 2.62. The highest BCUT2D eigenvalue weighted by Crippen LogP contribution is 2.24. The lowest BCUT2D eigenvalue weighted by Crippen LogP contribution is -2.45. The van der Waals surface area contributed by atoms with E-state index in [-0.39, 0.29) is 23.3 Å². The van der Waals surface area contributed by atoms with Crippen LogP contribution in [0.3, 0.4) is 0 Å². The highest BCUT2D eigenvalue weighted by atomic mass is 35.5. The topological polar surface area (TPSA) is 75.7 Å². The fraction of sp³-hybridized carbons (Fsp3) is 0.588. The molecule has 140 valence electrons. The maximum absolute atomic E-state index is 12.7. The fourth-order valence-corrected chi connectivity index (χ4v) is 4.45. The molecule has 1 fully saturated rings. The molecular weight excluding hydrogens is 364 g/mol. The summed E-state index contributed by atoms with van der Waals surface area (Å²) in [7, 11) is -3.60. The van der Waals surface area contributed by atoms with Crippen molar-refractivity contribution in [2.45, 2.75) is 31.1 Å². The van der Waals surface area contributed by atoms with Crippen molar-refractivity contribution in [3.8, 4) is 0 Å². The normalized spacial score (nSPS) is 18.9. The molecule has 0 bridgehead atoms. The Hall–Kier alpha value is -1.15. The first kappa shape index (κ1) is 20.2. The quantitative estimate of drug-likeness (QED) is 0.693. The van der Waals surface area contributed by atoms with Gasteiger partial charge in [0, 0.05) is 37.9 Å². The Morgan fingerprint density at radius 2 is 2.08 bits per heavy atom. The van der Waals surface area contributed by atoms with Crippen LogP contribution >= 0.6 is 11.6 Å². The van der Waals surface area contributed by atoms with Gasteiger partial charge in [0.2, 0.25) is 15.9 Å². The van der Waals surface area contributed by atoms with Gasteiger partial charge in [-0.15, -0.1) is 0 Å². The monoisotopic (exact) mass is 388 g/mol. The SMILES string of the molecule is CCOCCCNC(=O)C1CCCN(S(=O)(=O)c2ccc(Cl)cc2)C1. The number of nitrogens with one attached hydrogen (secondary N) is 1. The molecule has 0 saturated carbocycles. The molecule has 6 nitrogen and oxygen atoms in total. The summed E-state index contributed by atoms with van der Waals surface area (Å²) in [6.07, 6.45) is 2.12. The maximum atomic E-state index is 12.7. The lowest BCUT2D eigenvalue weighted by atomic mass is 9.99. The summed E-state index contributed by atoms with van der Waals surface area (Å²) in [6.45, 7) is 4.38. The van der Waals surface area contributed by atoms with Crippen LogP contribution in [0.2, 0.25) is 5.02 Å². The number of hydrogen-bond acceptors (Lipinski definition) is 4. The third-order valence-corrected chi connectivity index (χ3v) is 6.31. The van der Waals surface area contributed by atoms with Crippen molar-refractivity contribution in [3.05, 3.63) is 29.3 Å². The minimum absolute atomic E-state index is 0.0903. The molecule has 1 heterocycles. The molecule has 1 aliphatic rings. The molecule has 2 rings (SSSR count). The Bertz CT molecular complexity index is 664. The molecule has 1 unspecified atom stereocenters. The number of ether oxygens (including phenoxy) is 1. The predicted molar refractivity (Wildman–Crippen MR) is 97.1 cm³/mol. The van der Waals surface area contributed by atoms with Crippen LogP contribution in [0.5, 0.6) is 0 Å². The molecule has 1 atom stereocenters. The van der Waals surface area contributed by atoms with Crippen molar-refractivity contribution in [2.75, 3.05) is 32.8 Å². The Morgan fingerprint density at radius 3 is 2.76 bits per heavy atom. The number of halogens is 1. The highest BCUT2D eigenvalue weighted by molar-refractivity contribution is 7.89. The van der Waals surface area contributed by atoms with E-state index in [1.54, 1.807) is 12.1 Å². The molecule has 25 heavy (non-hydrogen) atoms. The van der Waals surface area contributed by atoms with E-state index in [0.29, 0.717) is 44.2 Å². The zero-order chi connectivity index (χ0) is 18.3.